The summed E-state index contributed by atoms with van der Waals surface area (Å²) in [4.78, 5) is 13.5. The molecule has 0 bridgehead atoms. The molecule has 1 aromatic heterocycles. The fourth-order valence-corrected chi connectivity index (χ4v) is 2.00. The summed E-state index contributed by atoms with van der Waals surface area (Å²) in [5.41, 5.74) is 8.11. The smallest absolute Gasteiger partial charge is 0.408 e. The maximum Gasteiger partial charge on any atom is 0.419 e. The topological polar surface area (TPSA) is 64.4 Å². The number of hydrogen-bond acceptors (Lipinski definition) is 4. The Morgan fingerprint density at radius 1 is 1.50 bits per heavy atom. The molecule has 0 fully saturated rings. The highest BCUT2D eigenvalue weighted by Gasteiger charge is 2.10. The van der Waals surface area contributed by atoms with E-state index in [4.69, 9.17) is 10.2 Å². The Kier molecular flexibility index (Phi) is 3.43. The molecule has 0 spiro atoms. The van der Waals surface area contributed by atoms with Crippen LogP contribution in [0.25, 0.3) is 11.1 Å². The Balaban J connectivity index is 2.34. The average molecular weight is 249 g/mol. The van der Waals surface area contributed by atoms with Gasteiger partial charge in [0.1, 0.15) is 0 Å². The van der Waals surface area contributed by atoms with Crippen LogP contribution in [0.5, 0.6) is 0 Å². The van der Waals surface area contributed by atoms with E-state index < -0.39 is 0 Å². The molecule has 0 saturated heterocycles. The Hall–Kier alpha value is -1.75. The van der Waals surface area contributed by atoms with Gasteiger partial charge in [-0.05, 0) is 30.7 Å². The van der Waals surface area contributed by atoms with Crippen molar-refractivity contribution in [1.29, 1.82) is 0 Å². The van der Waals surface area contributed by atoms with Crippen LogP contribution < -0.4 is 16.4 Å². The molecule has 0 radical (unpaired) electrons. The minimum atomic E-state index is -0.333. The van der Waals surface area contributed by atoms with E-state index in [0.717, 1.165) is 17.7 Å². The lowest BCUT2D eigenvalue weighted by atomic mass is 10.1. The van der Waals surface area contributed by atoms with Crippen LogP contribution in [0.15, 0.2) is 27.4 Å². The molecule has 2 aromatic rings. The first-order chi connectivity index (χ1) is 8.52. The molecule has 0 aliphatic rings. The van der Waals surface area contributed by atoms with E-state index in [1.54, 1.807) is 7.05 Å². The van der Waals surface area contributed by atoms with Crippen molar-refractivity contribution in [3.63, 3.8) is 0 Å². The number of nitrogens with two attached hydrogens (primary N) is 1. The molecular formula is C13H19N3O2. The third-order valence-corrected chi connectivity index (χ3v) is 3.20. The van der Waals surface area contributed by atoms with Crippen LogP contribution in [0, 0.1) is 5.92 Å². The van der Waals surface area contributed by atoms with Crippen LogP contribution in [-0.4, -0.2) is 24.7 Å². The van der Waals surface area contributed by atoms with E-state index in [9.17, 15) is 4.79 Å². The van der Waals surface area contributed by atoms with Gasteiger partial charge in [0.15, 0.2) is 5.58 Å². The van der Waals surface area contributed by atoms with Gasteiger partial charge >= 0.3 is 5.76 Å². The Labute approximate surface area is 106 Å². The van der Waals surface area contributed by atoms with Gasteiger partial charge in [0.25, 0.3) is 0 Å². The quantitative estimate of drug-likeness (QED) is 0.883. The first-order valence-electron chi connectivity index (χ1n) is 6.03. The monoisotopic (exact) mass is 249 g/mol. The highest BCUT2D eigenvalue weighted by atomic mass is 16.4. The van der Waals surface area contributed by atoms with Crippen LogP contribution in [0.1, 0.15) is 6.92 Å². The van der Waals surface area contributed by atoms with Crippen LogP contribution in [0.2, 0.25) is 0 Å². The van der Waals surface area contributed by atoms with Crippen molar-refractivity contribution in [3.05, 3.63) is 28.7 Å². The third-order valence-electron chi connectivity index (χ3n) is 3.20. The van der Waals surface area contributed by atoms with Crippen molar-refractivity contribution in [2.75, 3.05) is 25.0 Å². The number of fused-ring (bicyclic) bond motifs is 1. The summed E-state index contributed by atoms with van der Waals surface area (Å²) < 4.78 is 6.62. The second-order valence-corrected chi connectivity index (χ2v) is 4.80. The van der Waals surface area contributed by atoms with Crippen LogP contribution in [0.4, 0.5) is 5.69 Å². The maximum absolute atomic E-state index is 11.4. The summed E-state index contributed by atoms with van der Waals surface area (Å²) in [6, 6.07) is 5.74. The summed E-state index contributed by atoms with van der Waals surface area (Å²) in [6.45, 7) is 3.66. The standard InChI is InChI=1S/C13H19N3O2/c1-9(7-14)8-15(2)10-4-5-12-11(6-10)16(3)13(17)18-12/h4-6,9H,7-8,14H2,1-3H3. The van der Waals surface area contributed by atoms with Gasteiger partial charge in [0.2, 0.25) is 0 Å². The highest BCUT2D eigenvalue weighted by molar-refractivity contribution is 5.77. The van der Waals surface area contributed by atoms with Gasteiger partial charge in [-0.2, -0.15) is 0 Å². The zero-order valence-electron chi connectivity index (χ0n) is 11.0. The fraction of sp³-hybridized carbons (Fsp3) is 0.462. The first kappa shape index (κ1) is 12.7. The highest BCUT2D eigenvalue weighted by Crippen LogP contribution is 2.20. The molecule has 18 heavy (non-hydrogen) atoms. The van der Waals surface area contributed by atoms with Crippen LogP contribution in [-0.2, 0) is 7.05 Å². The zero-order chi connectivity index (χ0) is 13.3. The second kappa shape index (κ2) is 4.86. The maximum atomic E-state index is 11.4. The molecule has 1 heterocycles. The molecule has 1 atom stereocenters. The molecule has 0 aliphatic heterocycles. The minimum Gasteiger partial charge on any atom is -0.408 e. The third kappa shape index (κ3) is 2.26. The van der Waals surface area contributed by atoms with Gasteiger partial charge in [-0.3, -0.25) is 4.57 Å². The van der Waals surface area contributed by atoms with Crippen LogP contribution >= 0.6 is 0 Å². The molecule has 98 valence electrons. The summed E-state index contributed by atoms with van der Waals surface area (Å²) >= 11 is 0. The van der Waals surface area contributed by atoms with E-state index in [0.29, 0.717) is 18.0 Å². The van der Waals surface area contributed by atoms with E-state index in [1.807, 2.05) is 25.2 Å². The fourth-order valence-electron chi connectivity index (χ4n) is 2.00. The Morgan fingerprint density at radius 3 is 2.89 bits per heavy atom. The number of rotatable bonds is 4. The molecule has 5 heteroatoms. The second-order valence-electron chi connectivity index (χ2n) is 4.80. The van der Waals surface area contributed by atoms with Crippen molar-refractivity contribution in [1.82, 2.24) is 4.57 Å². The lowest BCUT2D eigenvalue weighted by Crippen LogP contribution is -2.28. The van der Waals surface area contributed by atoms with E-state index in [2.05, 4.69) is 11.8 Å². The molecule has 1 aromatic carbocycles. The van der Waals surface area contributed by atoms with Crippen molar-refractivity contribution < 1.29 is 4.42 Å². The summed E-state index contributed by atoms with van der Waals surface area (Å²) in [6.07, 6.45) is 0. The number of anilines is 1. The largest absolute Gasteiger partial charge is 0.419 e. The summed E-state index contributed by atoms with van der Waals surface area (Å²) in [5, 5.41) is 0. The van der Waals surface area contributed by atoms with E-state index in [-0.39, 0.29) is 5.76 Å². The number of aromatic nitrogens is 1. The lowest BCUT2D eigenvalue weighted by Gasteiger charge is -2.22. The molecular weight excluding hydrogens is 230 g/mol. The van der Waals surface area contributed by atoms with Gasteiger partial charge in [-0.1, -0.05) is 6.92 Å². The van der Waals surface area contributed by atoms with E-state index in [1.165, 1.54) is 4.57 Å². The number of aryl methyl sites for hydroxylation is 1. The predicted octanol–water partition coefficient (Wildman–Crippen LogP) is 1.16. The van der Waals surface area contributed by atoms with Gasteiger partial charge in [-0.15, -0.1) is 0 Å². The molecule has 2 N–H and O–H groups in total. The normalized spacial score (nSPS) is 12.9. The molecule has 1 unspecified atom stereocenters. The Morgan fingerprint density at radius 2 is 2.22 bits per heavy atom. The summed E-state index contributed by atoms with van der Waals surface area (Å²) in [7, 11) is 3.73. The van der Waals surface area contributed by atoms with Crippen molar-refractivity contribution in [2.24, 2.45) is 18.7 Å². The predicted molar refractivity (Wildman–Crippen MR) is 72.9 cm³/mol. The molecule has 0 saturated carbocycles. The van der Waals surface area contributed by atoms with E-state index >= 15 is 0 Å². The molecule has 0 aliphatic carbocycles. The van der Waals surface area contributed by atoms with Crippen molar-refractivity contribution in [3.8, 4) is 0 Å². The number of nitrogens with zero attached hydrogens (tertiary/aromatic N) is 2. The van der Waals surface area contributed by atoms with Crippen molar-refractivity contribution >= 4 is 16.8 Å². The average Bonchev–Trinajstić information content (AvgIpc) is 2.64. The van der Waals surface area contributed by atoms with Crippen LogP contribution in [0.3, 0.4) is 0 Å². The lowest BCUT2D eigenvalue weighted by molar-refractivity contribution is 0.528. The van der Waals surface area contributed by atoms with Crippen molar-refractivity contribution in [2.45, 2.75) is 6.92 Å². The number of oxazole rings is 1. The van der Waals surface area contributed by atoms with Gasteiger partial charge in [0, 0.05) is 26.3 Å². The SMILES string of the molecule is CC(CN)CN(C)c1ccc2oc(=O)n(C)c2c1. The number of hydrogen-bond donors (Lipinski definition) is 1. The molecule has 0 amide bonds. The minimum absolute atomic E-state index is 0.333. The molecule has 2 rings (SSSR count). The van der Waals surface area contributed by atoms with Gasteiger partial charge in [-0.25, -0.2) is 4.79 Å². The Bertz CT molecular complexity index is 600. The molecule has 5 nitrogen and oxygen atoms in total. The van der Waals surface area contributed by atoms with Gasteiger partial charge < -0.3 is 15.1 Å². The zero-order valence-corrected chi connectivity index (χ0v) is 11.0. The van der Waals surface area contributed by atoms with Gasteiger partial charge in [0.05, 0.1) is 5.52 Å². The first-order valence-corrected chi connectivity index (χ1v) is 6.03. The summed E-state index contributed by atoms with van der Waals surface area (Å²) in [5.74, 6) is 0.0963. The number of benzene rings is 1.